The average molecular weight is 279 g/mol. The third-order valence-corrected chi connectivity index (χ3v) is 2.77. The first kappa shape index (κ1) is 16.4. The van der Waals surface area contributed by atoms with Gasteiger partial charge in [0, 0.05) is 25.7 Å². The van der Waals surface area contributed by atoms with Crippen molar-refractivity contribution in [1.82, 2.24) is 20.2 Å². The van der Waals surface area contributed by atoms with E-state index in [1.807, 2.05) is 19.0 Å². The van der Waals surface area contributed by atoms with Crippen LogP contribution in [0.3, 0.4) is 0 Å². The van der Waals surface area contributed by atoms with Gasteiger partial charge in [-0.3, -0.25) is 4.79 Å². The number of nitrogens with one attached hydrogen (secondary N) is 2. The van der Waals surface area contributed by atoms with E-state index in [-0.39, 0.29) is 5.91 Å². The van der Waals surface area contributed by atoms with E-state index >= 15 is 0 Å². The van der Waals surface area contributed by atoms with Crippen molar-refractivity contribution in [2.45, 2.75) is 20.3 Å². The maximum absolute atomic E-state index is 11.9. The number of carbonyl (C=O) groups excluding carboxylic acids is 1. The molecule has 0 aliphatic carbocycles. The second-order valence-electron chi connectivity index (χ2n) is 5.46. The van der Waals surface area contributed by atoms with Crippen molar-refractivity contribution in [2.75, 3.05) is 39.0 Å². The van der Waals surface area contributed by atoms with Crippen LogP contribution in [0.1, 0.15) is 30.8 Å². The molecular formula is C14H25N5O. The molecule has 0 aromatic carbocycles. The Morgan fingerprint density at radius 2 is 2.05 bits per heavy atom. The lowest BCUT2D eigenvalue weighted by molar-refractivity contribution is 0.0946. The molecule has 1 aromatic rings. The summed E-state index contributed by atoms with van der Waals surface area (Å²) in [4.78, 5) is 22.0. The molecule has 1 heterocycles. The number of hydrogen-bond acceptors (Lipinski definition) is 5. The number of likely N-dealkylation sites (N-methyl/N-ethyl adjacent to an activating group) is 1. The number of carbonyl (C=O) groups is 1. The van der Waals surface area contributed by atoms with Gasteiger partial charge in [0.25, 0.3) is 5.91 Å². The van der Waals surface area contributed by atoms with Crippen LogP contribution in [0, 0.1) is 5.92 Å². The van der Waals surface area contributed by atoms with Crippen molar-refractivity contribution in [3.63, 3.8) is 0 Å². The first-order valence-corrected chi connectivity index (χ1v) is 6.98. The largest absolute Gasteiger partial charge is 0.370 e. The van der Waals surface area contributed by atoms with Crippen molar-refractivity contribution in [2.24, 2.45) is 5.92 Å². The van der Waals surface area contributed by atoms with Gasteiger partial charge in [0.2, 0.25) is 0 Å². The van der Waals surface area contributed by atoms with Crippen LogP contribution in [-0.2, 0) is 0 Å². The van der Waals surface area contributed by atoms with E-state index in [9.17, 15) is 4.79 Å². The van der Waals surface area contributed by atoms with Crippen molar-refractivity contribution in [1.29, 1.82) is 0 Å². The van der Waals surface area contributed by atoms with Crippen molar-refractivity contribution in [3.8, 4) is 0 Å². The number of hydrogen-bond donors (Lipinski definition) is 2. The van der Waals surface area contributed by atoms with E-state index in [4.69, 9.17) is 0 Å². The summed E-state index contributed by atoms with van der Waals surface area (Å²) in [6.45, 7) is 6.59. The first-order valence-electron chi connectivity index (χ1n) is 6.98. The molecule has 20 heavy (non-hydrogen) atoms. The summed E-state index contributed by atoms with van der Waals surface area (Å²) in [6, 6.07) is 1.69. The lowest BCUT2D eigenvalue weighted by atomic mass is 10.1. The van der Waals surface area contributed by atoms with Gasteiger partial charge in [0.15, 0.2) is 0 Å². The number of nitrogens with zero attached hydrogens (tertiary/aromatic N) is 3. The minimum Gasteiger partial charge on any atom is -0.370 e. The van der Waals surface area contributed by atoms with Crippen LogP contribution in [0.5, 0.6) is 0 Å². The molecule has 112 valence electrons. The fourth-order valence-electron chi connectivity index (χ4n) is 1.55. The molecule has 0 aliphatic heterocycles. The minimum atomic E-state index is -0.166. The van der Waals surface area contributed by atoms with Gasteiger partial charge in [-0.1, -0.05) is 13.8 Å². The lowest BCUT2D eigenvalue weighted by Gasteiger charge is -2.11. The van der Waals surface area contributed by atoms with Gasteiger partial charge in [-0.05, 0) is 26.4 Å². The summed E-state index contributed by atoms with van der Waals surface area (Å²) < 4.78 is 0. The predicted molar refractivity (Wildman–Crippen MR) is 80.9 cm³/mol. The zero-order chi connectivity index (χ0) is 15.0. The Bertz CT molecular complexity index is 420. The Morgan fingerprint density at radius 1 is 1.30 bits per heavy atom. The third kappa shape index (κ3) is 6.47. The lowest BCUT2D eigenvalue weighted by Crippen LogP contribution is -2.31. The predicted octanol–water partition coefficient (Wildman–Crippen LogP) is 1.23. The van der Waals surface area contributed by atoms with Crippen LogP contribution < -0.4 is 10.6 Å². The molecule has 0 radical (unpaired) electrons. The zero-order valence-electron chi connectivity index (χ0n) is 12.8. The Labute approximate surface area is 121 Å². The molecular weight excluding hydrogens is 254 g/mol. The zero-order valence-corrected chi connectivity index (χ0v) is 12.8. The SMILES string of the molecule is CC(C)CCNc1cc(C(=O)NCCN(C)C)ncn1. The normalized spacial score (nSPS) is 10.9. The highest BCUT2D eigenvalue weighted by molar-refractivity contribution is 5.92. The summed E-state index contributed by atoms with van der Waals surface area (Å²) in [5, 5.41) is 6.04. The summed E-state index contributed by atoms with van der Waals surface area (Å²) in [6.07, 6.45) is 2.48. The summed E-state index contributed by atoms with van der Waals surface area (Å²) >= 11 is 0. The summed E-state index contributed by atoms with van der Waals surface area (Å²) in [7, 11) is 3.93. The fourth-order valence-corrected chi connectivity index (χ4v) is 1.55. The quantitative estimate of drug-likeness (QED) is 0.749. The van der Waals surface area contributed by atoms with Gasteiger partial charge in [-0.25, -0.2) is 9.97 Å². The monoisotopic (exact) mass is 279 g/mol. The van der Waals surface area contributed by atoms with Gasteiger partial charge in [-0.2, -0.15) is 0 Å². The molecule has 0 saturated carbocycles. The van der Waals surface area contributed by atoms with Crippen LogP contribution in [0.25, 0.3) is 0 Å². The van der Waals surface area contributed by atoms with Crippen molar-refractivity contribution >= 4 is 11.7 Å². The van der Waals surface area contributed by atoms with E-state index in [1.54, 1.807) is 6.07 Å². The van der Waals surface area contributed by atoms with Crippen LogP contribution in [0.15, 0.2) is 12.4 Å². The Morgan fingerprint density at radius 3 is 2.70 bits per heavy atom. The minimum absolute atomic E-state index is 0.166. The molecule has 1 amide bonds. The Balaban J connectivity index is 2.47. The Kier molecular flexibility index (Phi) is 6.93. The molecule has 0 fully saturated rings. The highest BCUT2D eigenvalue weighted by Gasteiger charge is 2.08. The fraction of sp³-hybridized carbons (Fsp3) is 0.643. The smallest absolute Gasteiger partial charge is 0.270 e. The molecule has 1 aromatic heterocycles. The van der Waals surface area contributed by atoms with Gasteiger partial charge in [0.05, 0.1) is 0 Å². The molecule has 0 atom stereocenters. The molecule has 0 spiro atoms. The maximum Gasteiger partial charge on any atom is 0.270 e. The molecule has 0 unspecified atom stereocenters. The number of aromatic nitrogens is 2. The third-order valence-electron chi connectivity index (χ3n) is 2.77. The number of anilines is 1. The average Bonchev–Trinajstić information content (AvgIpc) is 2.38. The molecule has 0 aliphatic rings. The molecule has 2 N–H and O–H groups in total. The van der Waals surface area contributed by atoms with Crippen LogP contribution >= 0.6 is 0 Å². The maximum atomic E-state index is 11.9. The van der Waals surface area contributed by atoms with E-state index in [0.717, 1.165) is 19.5 Å². The molecule has 6 heteroatoms. The second-order valence-corrected chi connectivity index (χ2v) is 5.46. The van der Waals surface area contributed by atoms with Crippen molar-refractivity contribution in [3.05, 3.63) is 18.1 Å². The van der Waals surface area contributed by atoms with Crippen LogP contribution in [0.2, 0.25) is 0 Å². The van der Waals surface area contributed by atoms with Gasteiger partial charge in [-0.15, -0.1) is 0 Å². The summed E-state index contributed by atoms with van der Waals surface area (Å²) in [5.41, 5.74) is 0.394. The molecule has 1 rings (SSSR count). The highest BCUT2D eigenvalue weighted by atomic mass is 16.1. The second kappa shape index (κ2) is 8.47. The molecule has 0 bridgehead atoms. The Hall–Kier alpha value is -1.69. The highest BCUT2D eigenvalue weighted by Crippen LogP contribution is 2.06. The first-order chi connectivity index (χ1) is 9.49. The van der Waals surface area contributed by atoms with Crippen molar-refractivity contribution < 1.29 is 4.79 Å². The number of amides is 1. The van der Waals surface area contributed by atoms with Crippen LogP contribution in [-0.4, -0.2) is 54.5 Å². The van der Waals surface area contributed by atoms with Crippen LogP contribution in [0.4, 0.5) is 5.82 Å². The topological polar surface area (TPSA) is 70.2 Å². The van der Waals surface area contributed by atoms with E-state index in [0.29, 0.717) is 24.0 Å². The molecule has 0 saturated heterocycles. The summed E-state index contributed by atoms with van der Waals surface area (Å²) in [5.74, 6) is 1.16. The standard InChI is InChI=1S/C14H25N5O/c1-11(2)5-6-15-13-9-12(17-10-18-13)14(20)16-7-8-19(3)4/h9-11H,5-8H2,1-4H3,(H,16,20)(H,15,17,18). The van der Waals surface area contributed by atoms with Gasteiger partial charge in [0.1, 0.15) is 17.8 Å². The van der Waals surface area contributed by atoms with Gasteiger partial charge >= 0.3 is 0 Å². The number of rotatable bonds is 8. The van der Waals surface area contributed by atoms with E-state index in [1.165, 1.54) is 6.33 Å². The van der Waals surface area contributed by atoms with Gasteiger partial charge < -0.3 is 15.5 Å². The van der Waals surface area contributed by atoms with E-state index < -0.39 is 0 Å². The molecule has 6 nitrogen and oxygen atoms in total. The van der Waals surface area contributed by atoms with E-state index in [2.05, 4.69) is 34.4 Å².